The first-order valence-corrected chi connectivity index (χ1v) is 7.67. The third-order valence-electron chi connectivity index (χ3n) is 2.87. The summed E-state index contributed by atoms with van der Waals surface area (Å²) in [6, 6.07) is 9.68. The Morgan fingerprint density at radius 2 is 1.94 bits per heavy atom. The Labute approximate surface area is 108 Å². The van der Waals surface area contributed by atoms with Gasteiger partial charge in [-0.2, -0.15) is 4.31 Å². The van der Waals surface area contributed by atoms with Gasteiger partial charge in [-0.05, 0) is 5.56 Å². The van der Waals surface area contributed by atoms with Crippen LogP contribution in [0.2, 0.25) is 0 Å². The van der Waals surface area contributed by atoms with E-state index in [1.54, 1.807) is 0 Å². The molecule has 4 nitrogen and oxygen atoms in total. The topological polar surface area (TPSA) is 49.4 Å². The lowest BCUT2D eigenvalue weighted by molar-refractivity contribution is 0.438. The Hall–Kier alpha value is -1.17. The Bertz CT molecular complexity index is 497. The van der Waals surface area contributed by atoms with Crippen LogP contribution >= 0.6 is 0 Å². The maximum atomic E-state index is 12.2. The molecule has 1 heterocycles. The molecule has 1 aliphatic heterocycles. The van der Waals surface area contributed by atoms with Gasteiger partial charge in [-0.15, -0.1) is 0 Å². The van der Waals surface area contributed by atoms with E-state index >= 15 is 0 Å². The molecule has 2 rings (SSSR count). The van der Waals surface area contributed by atoms with Crippen molar-refractivity contribution in [1.29, 1.82) is 0 Å². The molecule has 0 spiro atoms. The van der Waals surface area contributed by atoms with Crippen molar-refractivity contribution in [2.75, 3.05) is 25.4 Å². The number of hydrogen-bond donors (Lipinski definition) is 1. The lowest BCUT2D eigenvalue weighted by Gasteiger charge is -2.20. The smallest absolute Gasteiger partial charge is 0.215 e. The fourth-order valence-corrected chi connectivity index (χ4v) is 3.17. The van der Waals surface area contributed by atoms with Gasteiger partial charge in [0.05, 0.1) is 5.75 Å². The molecular weight excluding hydrogens is 248 g/mol. The number of hydrogen-bond acceptors (Lipinski definition) is 3. The second-order valence-electron chi connectivity index (χ2n) is 4.27. The summed E-state index contributed by atoms with van der Waals surface area (Å²) in [7, 11) is -3.19. The molecule has 0 unspecified atom stereocenters. The Kier molecular flexibility index (Phi) is 4.52. The monoisotopic (exact) mass is 266 g/mol. The van der Waals surface area contributed by atoms with Gasteiger partial charge in [0, 0.05) is 26.2 Å². The van der Waals surface area contributed by atoms with Crippen LogP contribution < -0.4 is 5.32 Å². The van der Waals surface area contributed by atoms with Crippen LogP contribution in [-0.4, -0.2) is 38.1 Å². The molecule has 1 N–H and O–H groups in total. The van der Waals surface area contributed by atoms with Gasteiger partial charge in [-0.3, -0.25) is 0 Å². The van der Waals surface area contributed by atoms with E-state index in [9.17, 15) is 8.42 Å². The lowest BCUT2D eigenvalue weighted by Crippen LogP contribution is -2.35. The molecule has 1 aromatic carbocycles. The van der Waals surface area contributed by atoms with Crippen molar-refractivity contribution in [2.45, 2.75) is 6.54 Å². The van der Waals surface area contributed by atoms with Crippen molar-refractivity contribution in [2.24, 2.45) is 0 Å². The van der Waals surface area contributed by atoms with Gasteiger partial charge >= 0.3 is 0 Å². The maximum absolute atomic E-state index is 12.2. The highest BCUT2D eigenvalue weighted by Gasteiger charge is 2.21. The first kappa shape index (κ1) is 13.3. The fourth-order valence-electron chi connectivity index (χ4n) is 1.85. The van der Waals surface area contributed by atoms with Crippen LogP contribution in [0.4, 0.5) is 0 Å². The fraction of sp³-hybridized carbons (Fsp3) is 0.385. The highest BCUT2D eigenvalue weighted by molar-refractivity contribution is 7.89. The van der Waals surface area contributed by atoms with Gasteiger partial charge in [0.1, 0.15) is 0 Å². The average Bonchev–Trinajstić information content (AvgIpc) is 2.43. The van der Waals surface area contributed by atoms with E-state index in [0.717, 1.165) is 12.1 Å². The second kappa shape index (κ2) is 6.13. The summed E-state index contributed by atoms with van der Waals surface area (Å²) in [6.07, 6.45) is 3.87. The largest absolute Gasteiger partial charge is 0.312 e. The highest BCUT2D eigenvalue weighted by atomic mass is 32.2. The molecule has 0 fully saturated rings. The van der Waals surface area contributed by atoms with E-state index in [-0.39, 0.29) is 5.75 Å². The van der Waals surface area contributed by atoms with Crippen molar-refractivity contribution in [3.05, 3.63) is 48.0 Å². The molecule has 0 aromatic heterocycles. The molecule has 1 aliphatic rings. The summed E-state index contributed by atoms with van der Waals surface area (Å²) in [5.74, 6) is 0.154. The summed E-state index contributed by atoms with van der Waals surface area (Å²) < 4.78 is 25.9. The first-order valence-electron chi connectivity index (χ1n) is 6.06. The van der Waals surface area contributed by atoms with Gasteiger partial charge in [0.15, 0.2) is 0 Å². The number of benzene rings is 1. The van der Waals surface area contributed by atoms with Gasteiger partial charge < -0.3 is 5.32 Å². The van der Waals surface area contributed by atoms with Gasteiger partial charge in [0.2, 0.25) is 10.0 Å². The van der Waals surface area contributed by atoms with Crippen molar-refractivity contribution in [3.63, 3.8) is 0 Å². The number of rotatable bonds is 2. The van der Waals surface area contributed by atoms with Gasteiger partial charge in [0.25, 0.3) is 0 Å². The average molecular weight is 266 g/mol. The van der Waals surface area contributed by atoms with Crippen LogP contribution in [0.25, 0.3) is 0 Å². The van der Waals surface area contributed by atoms with Crippen molar-refractivity contribution in [3.8, 4) is 0 Å². The number of nitrogens with zero attached hydrogens (tertiary/aromatic N) is 1. The van der Waals surface area contributed by atoms with E-state index in [1.165, 1.54) is 4.31 Å². The minimum atomic E-state index is -3.19. The van der Waals surface area contributed by atoms with Crippen molar-refractivity contribution in [1.82, 2.24) is 9.62 Å². The van der Waals surface area contributed by atoms with Crippen LogP contribution in [0, 0.1) is 0 Å². The zero-order valence-corrected chi connectivity index (χ0v) is 11.1. The molecule has 0 bridgehead atoms. The predicted molar refractivity (Wildman–Crippen MR) is 72.6 cm³/mol. The molecule has 1 aromatic rings. The molecule has 0 amide bonds. The van der Waals surface area contributed by atoms with E-state index in [4.69, 9.17) is 0 Å². The third kappa shape index (κ3) is 3.66. The SMILES string of the molecule is O=S1(=O)CCNC/C=C\CN1Cc1ccccc1. The van der Waals surface area contributed by atoms with E-state index in [1.807, 2.05) is 42.5 Å². The van der Waals surface area contributed by atoms with E-state index in [0.29, 0.717) is 19.6 Å². The van der Waals surface area contributed by atoms with Crippen LogP contribution in [0.15, 0.2) is 42.5 Å². The number of sulfonamides is 1. The molecule has 0 radical (unpaired) electrons. The van der Waals surface area contributed by atoms with Crippen LogP contribution in [0.3, 0.4) is 0 Å². The highest BCUT2D eigenvalue weighted by Crippen LogP contribution is 2.10. The standard InChI is InChI=1S/C13H18N2O2S/c16-18(17)11-9-14-8-4-5-10-15(18)12-13-6-2-1-3-7-13/h1-7,14H,8-12H2/b5-4-. The minimum Gasteiger partial charge on any atom is -0.312 e. The van der Waals surface area contributed by atoms with E-state index in [2.05, 4.69) is 5.32 Å². The van der Waals surface area contributed by atoms with Crippen molar-refractivity contribution < 1.29 is 8.42 Å². The summed E-state index contributed by atoms with van der Waals surface area (Å²) in [4.78, 5) is 0. The molecule has 18 heavy (non-hydrogen) atoms. The lowest BCUT2D eigenvalue weighted by atomic mass is 10.2. The third-order valence-corrected chi connectivity index (χ3v) is 4.65. The quantitative estimate of drug-likeness (QED) is 0.812. The predicted octanol–water partition coefficient (Wildman–Crippen LogP) is 0.978. The molecule has 98 valence electrons. The Morgan fingerprint density at radius 3 is 2.72 bits per heavy atom. The molecule has 5 heteroatoms. The van der Waals surface area contributed by atoms with Gasteiger partial charge in [-0.1, -0.05) is 42.5 Å². The minimum absolute atomic E-state index is 0.154. The van der Waals surface area contributed by atoms with E-state index < -0.39 is 10.0 Å². The zero-order chi connectivity index (χ0) is 12.8. The molecule has 0 aliphatic carbocycles. The Morgan fingerprint density at radius 1 is 1.17 bits per heavy atom. The molecule has 0 atom stereocenters. The summed E-state index contributed by atoms with van der Waals surface area (Å²) in [5, 5.41) is 3.07. The molecule has 0 saturated carbocycles. The number of nitrogens with one attached hydrogen (secondary N) is 1. The van der Waals surface area contributed by atoms with Crippen molar-refractivity contribution >= 4 is 10.0 Å². The van der Waals surface area contributed by atoms with Crippen LogP contribution in [0.5, 0.6) is 0 Å². The zero-order valence-electron chi connectivity index (χ0n) is 10.2. The van der Waals surface area contributed by atoms with Crippen LogP contribution in [-0.2, 0) is 16.6 Å². The van der Waals surface area contributed by atoms with Gasteiger partial charge in [-0.25, -0.2) is 8.42 Å². The van der Waals surface area contributed by atoms with Crippen LogP contribution in [0.1, 0.15) is 5.56 Å². The maximum Gasteiger partial charge on any atom is 0.215 e. The second-order valence-corrected chi connectivity index (χ2v) is 6.36. The summed E-state index contributed by atoms with van der Waals surface area (Å²) in [5.41, 5.74) is 1.02. The normalized spacial score (nSPS) is 22.7. The molecule has 0 saturated heterocycles. The summed E-state index contributed by atoms with van der Waals surface area (Å²) >= 11 is 0. The molecular formula is C13H18N2O2S. The summed E-state index contributed by atoms with van der Waals surface area (Å²) in [6.45, 7) is 2.11. The first-order chi connectivity index (χ1) is 8.68. The Balaban J connectivity index is 2.16.